The summed E-state index contributed by atoms with van der Waals surface area (Å²) >= 11 is 0. The van der Waals surface area contributed by atoms with Crippen molar-refractivity contribution < 1.29 is 14.2 Å². The van der Waals surface area contributed by atoms with Crippen LogP contribution in [-0.4, -0.2) is 5.97 Å². The number of hydrogen-bond donors (Lipinski definition) is 0. The van der Waals surface area contributed by atoms with Gasteiger partial charge in [0.05, 0.1) is 19.8 Å². The van der Waals surface area contributed by atoms with Gasteiger partial charge in [0.25, 0.3) is 5.97 Å². The van der Waals surface area contributed by atoms with Crippen molar-refractivity contribution in [3.63, 3.8) is 0 Å². The Labute approximate surface area is 155 Å². The standard InChI is InChI=1S/C23H24O3/c1-23(24-17-20-11-5-2-6-12-20,25-18-21-13-7-3-8-14-21)26-19-22-15-9-4-10-16-22/h2-16H,17-19H2,1H3. The van der Waals surface area contributed by atoms with E-state index in [1.54, 1.807) is 0 Å². The van der Waals surface area contributed by atoms with Crippen LogP contribution in [0.3, 0.4) is 0 Å². The lowest BCUT2D eigenvalue weighted by Gasteiger charge is -2.30. The lowest BCUT2D eigenvalue weighted by Crippen LogP contribution is -2.35. The molecule has 26 heavy (non-hydrogen) atoms. The molecule has 0 atom stereocenters. The molecule has 0 saturated carbocycles. The molecule has 0 spiro atoms. The molecule has 3 heteroatoms. The summed E-state index contributed by atoms with van der Waals surface area (Å²) in [5.41, 5.74) is 3.22. The fraction of sp³-hybridized carbons (Fsp3) is 0.217. The molecule has 0 saturated heterocycles. The normalized spacial score (nSPS) is 11.4. The third-order valence-electron chi connectivity index (χ3n) is 4.03. The molecule has 0 N–H and O–H groups in total. The average molecular weight is 348 g/mol. The Morgan fingerprint density at radius 3 is 1.04 bits per heavy atom. The second kappa shape index (κ2) is 9.30. The highest BCUT2D eigenvalue weighted by Crippen LogP contribution is 2.21. The Kier molecular flexibility index (Phi) is 6.56. The van der Waals surface area contributed by atoms with E-state index < -0.39 is 5.97 Å². The highest BCUT2D eigenvalue weighted by atomic mass is 16.9. The predicted molar refractivity (Wildman–Crippen MR) is 102 cm³/mol. The molecule has 0 fully saturated rings. The van der Waals surface area contributed by atoms with Gasteiger partial charge in [-0.05, 0) is 16.7 Å². The minimum absolute atomic E-state index is 0.418. The lowest BCUT2D eigenvalue weighted by molar-refractivity contribution is -0.383. The minimum Gasteiger partial charge on any atom is -0.323 e. The SMILES string of the molecule is CC(OCc1ccccc1)(OCc1ccccc1)OCc1ccccc1. The van der Waals surface area contributed by atoms with E-state index in [1.807, 2.05) is 97.9 Å². The molecule has 134 valence electrons. The molecule has 3 rings (SSSR count). The van der Waals surface area contributed by atoms with Crippen LogP contribution in [0.2, 0.25) is 0 Å². The molecular weight excluding hydrogens is 324 g/mol. The van der Waals surface area contributed by atoms with Crippen molar-refractivity contribution in [2.24, 2.45) is 0 Å². The first kappa shape index (κ1) is 18.3. The Bertz CT molecular complexity index is 651. The first-order valence-electron chi connectivity index (χ1n) is 8.77. The van der Waals surface area contributed by atoms with E-state index >= 15 is 0 Å². The molecule has 3 aromatic carbocycles. The van der Waals surface area contributed by atoms with Crippen LogP contribution in [0.15, 0.2) is 91.0 Å². The first-order valence-corrected chi connectivity index (χ1v) is 8.77. The number of rotatable bonds is 9. The summed E-state index contributed by atoms with van der Waals surface area (Å²) in [6.07, 6.45) is 0. The van der Waals surface area contributed by atoms with Gasteiger partial charge in [0.1, 0.15) is 0 Å². The molecular formula is C23H24O3. The number of ether oxygens (including phenoxy) is 3. The van der Waals surface area contributed by atoms with Gasteiger partial charge in [-0.2, -0.15) is 0 Å². The van der Waals surface area contributed by atoms with Crippen LogP contribution in [0.4, 0.5) is 0 Å². The molecule has 0 bridgehead atoms. The number of hydrogen-bond acceptors (Lipinski definition) is 3. The van der Waals surface area contributed by atoms with Gasteiger partial charge in [0.2, 0.25) is 0 Å². The van der Waals surface area contributed by atoms with Crippen molar-refractivity contribution in [1.29, 1.82) is 0 Å². The van der Waals surface area contributed by atoms with Crippen LogP contribution in [0.5, 0.6) is 0 Å². The Morgan fingerprint density at radius 2 is 0.769 bits per heavy atom. The largest absolute Gasteiger partial charge is 0.323 e. The molecule has 0 aromatic heterocycles. The zero-order valence-electron chi connectivity index (χ0n) is 15.0. The summed E-state index contributed by atoms with van der Waals surface area (Å²) in [5.74, 6) is -1.14. The van der Waals surface area contributed by atoms with Crippen LogP contribution in [0.1, 0.15) is 23.6 Å². The maximum absolute atomic E-state index is 6.01. The summed E-state index contributed by atoms with van der Waals surface area (Å²) in [7, 11) is 0. The van der Waals surface area contributed by atoms with E-state index in [4.69, 9.17) is 14.2 Å². The number of benzene rings is 3. The van der Waals surface area contributed by atoms with E-state index in [1.165, 1.54) is 0 Å². The third-order valence-corrected chi connectivity index (χ3v) is 4.03. The Hall–Kier alpha value is -2.46. The van der Waals surface area contributed by atoms with Crippen LogP contribution in [-0.2, 0) is 34.0 Å². The van der Waals surface area contributed by atoms with Crippen molar-refractivity contribution in [3.8, 4) is 0 Å². The van der Waals surface area contributed by atoms with E-state index in [9.17, 15) is 0 Å². The fourth-order valence-corrected chi connectivity index (χ4v) is 2.49. The van der Waals surface area contributed by atoms with Gasteiger partial charge in [-0.15, -0.1) is 0 Å². The average Bonchev–Trinajstić information content (AvgIpc) is 2.72. The van der Waals surface area contributed by atoms with E-state index in [0.29, 0.717) is 19.8 Å². The molecule has 0 amide bonds. The second-order valence-electron chi connectivity index (χ2n) is 6.19. The molecule has 0 unspecified atom stereocenters. The lowest BCUT2D eigenvalue weighted by atomic mass is 10.2. The topological polar surface area (TPSA) is 27.7 Å². The Morgan fingerprint density at radius 1 is 0.500 bits per heavy atom. The summed E-state index contributed by atoms with van der Waals surface area (Å²) in [6, 6.07) is 30.0. The molecule has 0 aliphatic heterocycles. The fourth-order valence-electron chi connectivity index (χ4n) is 2.49. The van der Waals surface area contributed by atoms with Gasteiger partial charge in [-0.3, -0.25) is 0 Å². The molecule has 3 aromatic rings. The maximum Gasteiger partial charge on any atom is 0.280 e. The predicted octanol–water partition coefficient (Wildman–Crippen LogP) is 5.31. The van der Waals surface area contributed by atoms with Gasteiger partial charge in [0, 0.05) is 6.92 Å². The molecule has 0 aliphatic carbocycles. The zero-order valence-corrected chi connectivity index (χ0v) is 15.0. The van der Waals surface area contributed by atoms with Gasteiger partial charge in [0.15, 0.2) is 0 Å². The van der Waals surface area contributed by atoms with Gasteiger partial charge in [-0.25, -0.2) is 0 Å². The highest BCUT2D eigenvalue weighted by Gasteiger charge is 2.27. The van der Waals surface area contributed by atoms with Gasteiger partial charge in [-0.1, -0.05) is 91.0 Å². The molecule has 0 radical (unpaired) electrons. The molecule has 3 nitrogen and oxygen atoms in total. The summed E-state index contributed by atoms with van der Waals surface area (Å²) < 4.78 is 18.0. The van der Waals surface area contributed by atoms with Crippen LogP contribution in [0.25, 0.3) is 0 Å². The summed E-state index contributed by atoms with van der Waals surface area (Å²) in [4.78, 5) is 0. The van der Waals surface area contributed by atoms with Crippen LogP contribution < -0.4 is 0 Å². The van der Waals surface area contributed by atoms with Crippen molar-refractivity contribution in [1.82, 2.24) is 0 Å². The smallest absolute Gasteiger partial charge is 0.280 e. The summed E-state index contributed by atoms with van der Waals surface area (Å²) in [6.45, 7) is 3.07. The minimum atomic E-state index is -1.14. The maximum atomic E-state index is 6.01. The van der Waals surface area contributed by atoms with E-state index in [2.05, 4.69) is 0 Å². The van der Waals surface area contributed by atoms with Crippen molar-refractivity contribution in [2.45, 2.75) is 32.7 Å². The van der Waals surface area contributed by atoms with Crippen LogP contribution in [0, 0.1) is 0 Å². The van der Waals surface area contributed by atoms with Gasteiger partial charge >= 0.3 is 0 Å². The Balaban J connectivity index is 1.64. The van der Waals surface area contributed by atoms with E-state index in [0.717, 1.165) is 16.7 Å². The third kappa shape index (κ3) is 5.81. The second-order valence-corrected chi connectivity index (χ2v) is 6.19. The van der Waals surface area contributed by atoms with Crippen LogP contribution >= 0.6 is 0 Å². The first-order chi connectivity index (χ1) is 12.7. The van der Waals surface area contributed by atoms with E-state index in [-0.39, 0.29) is 0 Å². The summed E-state index contributed by atoms with van der Waals surface area (Å²) in [5, 5.41) is 0. The monoisotopic (exact) mass is 348 g/mol. The zero-order chi connectivity index (χ0) is 18.1. The quantitative estimate of drug-likeness (QED) is 0.490. The van der Waals surface area contributed by atoms with Gasteiger partial charge < -0.3 is 14.2 Å². The van der Waals surface area contributed by atoms with Crippen molar-refractivity contribution in [2.75, 3.05) is 0 Å². The molecule has 0 aliphatic rings. The molecule has 0 heterocycles. The van der Waals surface area contributed by atoms with Crippen molar-refractivity contribution >= 4 is 0 Å². The highest BCUT2D eigenvalue weighted by molar-refractivity contribution is 5.15. The van der Waals surface area contributed by atoms with Crippen molar-refractivity contribution in [3.05, 3.63) is 108 Å².